The van der Waals surface area contributed by atoms with Crippen molar-refractivity contribution in [3.8, 4) is 0 Å². The van der Waals surface area contributed by atoms with Crippen LogP contribution in [-0.2, 0) is 9.53 Å². The molecule has 1 aliphatic heterocycles. The lowest BCUT2D eigenvalue weighted by Crippen LogP contribution is -2.47. The summed E-state index contributed by atoms with van der Waals surface area (Å²) in [7, 11) is 0. The molecule has 72 valence electrons. The van der Waals surface area contributed by atoms with Gasteiger partial charge in [-0.3, -0.25) is 4.79 Å². The van der Waals surface area contributed by atoms with Gasteiger partial charge in [0.25, 0.3) is 0 Å². The fourth-order valence-electron chi connectivity index (χ4n) is 1.08. The van der Waals surface area contributed by atoms with Gasteiger partial charge in [0.1, 0.15) is 0 Å². The topological polar surface area (TPSA) is 58.6 Å². The van der Waals surface area contributed by atoms with Crippen molar-refractivity contribution in [2.45, 2.75) is 13.0 Å². The normalized spacial score (nSPS) is 25.6. The lowest BCUT2D eigenvalue weighted by atomic mass is 10.0. The Morgan fingerprint density at radius 1 is 1.75 bits per heavy atom. The van der Waals surface area contributed by atoms with Crippen LogP contribution in [-0.4, -0.2) is 36.9 Å². The maximum absolute atomic E-state index is 10.5. The number of nitrogens with one attached hydrogen (secondary N) is 1. The van der Waals surface area contributed by atoms with E-state index in [1.54, 1.807) is 6.92 Å². The van der Waals surface area contributed by atoms with Crippen LogP contribution >= 0.6 is 12.4 Å². The van der Waals surface area contributed by atoms with Crippen molar-refractivity contribution in [2.24, 2.45) is 5.92 Å². The van der Waals surface area contributed by atoms with E-state index in [0.29, 0.717) is 13.2 Å². The molecule has 1 heterocycles. The average molecular weight is 196 g/mol. The number of carboxylic acid groups (broad SMARTS) is 1. The van der Waals surface area contributed by atoms with Gasteiger partial charge >= 0.3 is 5.97 Å². The molecule has 0 aliphatic carbocycles. The minimum atomic E-state index is -0.770. The molecule has 0 spiro atoms. The Bertz CT molecular complexity index is 148. The summed E-state index contributed by atoms with van der Waals surface area (Å²) >= 11 is 0. The Kier molecular flexibility index (Phi) is 5.20. The van der Waals surface area contributed by atoms with Crippen LogP contribution in [0.3, 0.4) is 0 Å². The molecular formula is C7H14ClNO3. The molecule has 0 aromatic heterocycles. The first-order chi connectivity index (χ1) is 5.22. The molecule has 0 radical (unpaired) electrons. The molecule has 1 aliphatic rings. The number of morpholine rings is 1. The Morgan fingerprint density at radius 3 is 2.83 bits per heavy atom. The maximum atomic E-state index is 10.5. The highest BCUT2D eigenvalue weighted by molar-refractivity contribution is 5.85. The van der Waals surface area contributed by atoms with E-state index in [9.17, 15) is 4.79 Å². The number of hydrogen-bond acceptors (Lipinski definition) is 3. The van der Waals surface area contributed by atoms with Crippen LogP contribution in [0.25, 0.3) is 0 Å². The van der Waals surface area contributed by atoms with Crippen LogP contribution in [0.1, 0.15) is 6.92 Å². The molecule has 0 aromatic rings. The summed E-state index contributed by atoms with van der Waals surface area (Å²) in [6, 6.07) is -0.0266. The standard InChI is InChI=1S/C7H13NO3.ClH/c1-5(7(9)10)6-4-11-3-2-8-6;/h5-6,8H,2-4H2,1H3,(H,9,10);1H. The van der Waals surface area contributed by atoms with Crippen molar-refractivity contribution < 1.29 is 14.6 Å². The average Bonchev–Trinajstić information content (AvgIpc) is 2.05. The highest BCUT2D eigenvalue weighted by Gasteiger charge is 2.24. The SMILES string of the molecule is CC(C(=O)O)C1COCCN1.Cl. The Hall–Kier alpha value is -0.320. The van der Waals surface area contributed by atoms with Crippen LogP contribution < -0.4 is 5.32 Å². The molecule has 1 rings (SSSR count). The van der Waals surface area contributed by atoms with Crippen LogP contribution in [0.4, 0.5) is 0 Å². The molecule has 0 aromatic carbocycles. The van der Waals surface area contributed by atoms with Crippen LogP contribution in [0, 0.1) is 5.92 Å². The predicted octanol–water partition coefficient (Wildman–Crippen LogP) is 0.117. The second kappa shape index (κ2) is 5.35. The van der Waals surface area contributed by atoms with Crippen molar-refractivity contribution in [2.75, 3.05) is 19.8 Å². The van der Waals surface area contributed by atoms with E-state index in [0.717, 1.165) is 6.54 Å². The second-order valence-corrected chi connectivity index (χ2v) is 2.76. The third kappa shape index (κ3) is 2.97. The largest absolute Gasteiger partial charge is 0.481 e. The molecule has 0 saturated carbocycles. The quantitative estimate of drug-likeness (QED) is 0.657. The summed E-state index contributed by atoms with van der Waals surface area (Å²) in [5.41, 5.74) is 0. The first-order valence-corrected chi connectivity index (χ1v) is 3.75. The molecular weight excluding hydrogens is 182 g/mol. The summed E-state index contributed by atoms with van der Waals surface area (Å²) in [6.07, 6.45) is 0. The minimum absolute atomic E-state index is 0. The summed E-state index contributed by atoms with van der Waals surface area (Å²) in [5, 5.41) is 11.7. The molecule has 2 unspecified atom stereocenters. The van der Waals surface area contributed by atoms with Crippen molar-refractivity contribution >= 4 is 18.4 Å². The van der Waals surface area contributed by atoms with E-state index < -0.39 is 5.97 Å². The van der Waals surface area contributed by atoms with Crippen LogP contribution in [0.5, 0.6) is 0 Å². The number of carboxylic acids is 1. The molecule has 2 N–H and O–H groups in total. The van der Waals surface area contributed by atoms with Crippen molar-refractivity contribution in [3.63, 3.8) is 0 Å². The van der Waals surface area contributed by atoms with E-state index >= 15 is 0 Å². The number of hydrogen-bond donors (Lipinski definition) is 2. The fraction of sp³-hybridized carbons (Fsp3) is 0.857. The van der Waals surface area contributed by atoms with Crippen molar-refractivity contribution in [1.82, 2.24) is 5.32 Å². The van der Waals surface area contributed by atoms with Gasteiger partial charge in [-0.05, 0) is 0 Å². The Morgan fingerprint density at radius 2 is 2.42 bits per heavy atom. The van der Waals surface area contributed by atoms with Gasteiger partial charge in [-0.15, -0.1) is 12.4 Å². The zero-order valence-electron chi connectivity index (χ0n) is 6.95. The molecule has 0 bridgehead atoms. The lowest BCUT2D eigenvalue weighted by Gasteiger charge is -2.26. The second-order valence-electron chi connectivity index (χ2n) is 2.76. The zero-order chi connectivity index (χ0) is 8.27. The third-order valence-corrected chi connectivity index (χ3v) is 1.94. The third-order valence-electron chi connectivity index (χ3n) is 1.94. The van der Waals surface area contributed by atoms with Gasteiger partial charge in [0.2, 0.25) is 0 Å². The van der Waals surface area contributed by atoms with Gasteiger partial charge in [0, 0.05) is 12.6 Å². The summed E-state index contributed by atoms with van der Waals surface area (Å²) in [5.74, 6) is -1.14. The van der Waals surface area contributed by atoms with E-state index in [1.165, 1.54) is 0 Å². The maximum Gasteiger partial charge on any atom is 0.307 e. The van der Waals surface area contributed by atoms with Crippen molar-refractivity contribution in [1.29, 1.82) is 0 Å². The molecule has 4 nitrogen and oxygen atoms in total. The van der Waals surface area contributed by atoms with Gasteiger partial charge < -0.3 is 15.2 Å². The molecule has 12 heavy (non-hydrogen) atoms. The van der Waals surface area contributed by atoms with Gasteiger partial charge in [0.05, 0.1) is 19.1 Å². The minimum Gasteiger partial charge on any atom is -0.481 e. The first-order valence-electron chi connectivity index (χ1n) is 3.75. The van der Waals surface area contributed by atoms with Gasteiger partial charge in [-0.1, -0.05) is 6.92 Å². The van der Waals surface area contributed by atoms with Crippen LogP contribution in [0.15, 0.2) is 0 Å². The Balaban J connectivity index is 0.00000121. The number of aliphatic carboxylic acids is 1. The molecule has 5 heteroatoms. The van der Waals surface area contributed by atoms with Gasteiger partial charge in [-0.25, -0.2) is 0 Å². The number of halogens is 1. The number of rotatable bonds is 2. The van der Waals surface area contributed by atoms with E-state index in [4.69, 9.17) is 9.84 Å². The predicted molar refractivity (Wildman–Crippen MR) is 46.7 cm³/mol. The monoisotopic (exact) mass is 195 g/mol. The summed E-state index contributed by atoms with van der Waals surface area (Å²) < 4.78 is 5.13. The van der Waals surface area contributed by atoms with Gasteiger partial charge in [0.15, 0.2) is 0 Å². The van der Waals surface area contributed by atoms with E-state index in [2.05, 4.69) is 5.32 Å². The number of carbonyl (C=O) groups is 1. The Labute approximate surface area is 77.7 Å². The molecule has 1 fully saturated rings. The first kappa shape index (κ1) is 11.7. The highest BCUT2D eigenvalue weighted by atomic mass is 35.5. The molecule has 0 amide bonds. The van der Waals surface area contributed by atoms with E-state index in [1.807, 2.05) is 0 Å². The molecule has 2 atom stereocenters. The number of ether oxygens (including phenoxy) is 1. The fourth-order valence-corrected chi connectivity index (χ4v) is 1.08. The smallest absolute Gasteiger partial charge is 0.307 e. The zero-order valence-corrected chi connectivity index (χ0v) is 7.76. The van der Waals surface area contributed by atoms with Gasteiger partial charge in [-0.2, -0.15) is 0 Å². The lowest BCUT2D eigenvalue weighted by molar-refractivity contribution is -0.143. The van der Waals surface area contributed by atoms with Crippen LogP contribution in [0.2, 0.25) is 0 Å². The van der Waals surface area contributed by atoms with E-state index in [-0.39, 0.29) is 24.4 Å². The highest BCUT2D eigenvalue weighted by Crippen LogP contribution is 2.06. The summed E-state index contributed by atoms with van der Waals surface area (Å²) in [4.78, 5) is 10.5. The molecule has 1 saturated heterocycles. The summed E-state index contributed by atoms with van der Waals surface area (Å²) in [6.45, 7) is 3.63. The van der Waals surface area contributed by atoms with Crippen molar-refractivity contribution in [3.05, 3.63) is 0 Å².